The van der Waals surface area contributed by atoms with Crippen LogP contribution in [0.15, 0.2) is 0 Å². The van der Waals surface area contributed by atoms with Crippen LogP contribution in [-0.4, -0.2) is 26.3 Å². The molecule has 14 heavy (non-hydrogen) atoms. The van der Waals surface area contributed by atoms with Crippen molar-refractivity contribution in [2.75, 3.05) is 20.3 Å². The SMILES string of the molecule is CCC(CC)(CC)C(=O)OCCOC. The fourth-order valence-corrected chi connectivity index (χ4v) is 1.55. The Morgan fingerprint density at radius 2 is 1.57 bits per heavy atom. The molecule has 0 aromatic heterocycles. The number of carbonyl (C=O) groups is 1. The lowest BCUT2D eigenvalue weighted by Crippen LogP contribution is -2.32. The molecule has 0 fully saturated rings. The van der Waals surface area contributed by atoms with Crippen molar-refractivity contribution in [2.24, 2.45) is 5.41 Å². The number of methoxy groups -OCH3 is 1. The highest BCUT2D eigenvalue weighted by Gasteiger charge is 2.34. The molecule has 3 heteroatoms. The van der Waals surface area contributed by atoms with Crippen LogP contribution in [0, 0.1) is 5.41 Å². The van der Waals surface area contributed by atoms with E-state index < -0.39 is 0 Å². The summed E-state index contributed by atoms with van der Waals surface area (Å²) >= 11 is 0. The molecule has 0 aromatic rings. The van der Waals surface area contributed by atoms with Crippen LogP contribution < -0.4 is 0 Å². The molecule has 0 rings (SSSR count). The summed E-state index contributed by atoms with van der Waals surface area (Å²) in [4.78, 5) is 11.8. The molecule has 0 aliphatic heterocycles. The first-order chi connectivity index (χ1) is 6.66. The Kier molecular flexibility index (Phi) is 6.54. The van der Waals surface area contributed by atoms with Gasteiger partial charge in [0, 0.05) is 7.11 Å². The monoisotopic (exact) mass is 202 g/mol. The van der Waals surface area contributed by atoms with Gasteiger partial charge < -0.3 is 9.47 Å². The van der Waals surface area contributed by atoms with Gasteiger partial charge in [-0.25, -0.2) is 0 Å². The van der Waals surface area contributed by atoms with Crippen LogP contribution in [0.2, 0.25) is 0 Å². The summed E-state index contributed by atoms with van der Waals surface area (Å²) in [5, 5.41) is 0. The van der Waals surface area contributed by atoms with Crippen LogP contribution in [0.25, 0.3) is 0 Å². The Bertz CT molecular complexity index is 154. The zero-order valence-electron chi connectivity index (χ0n) is 9.76. The average Bonchev–Trinajstić information content (AvgIpc) is 2.22. The van der Waals surface area contributed by atoms with Crippen molar-refractivity contribution >= 4 is 5.97 Å². The molecule has 0 saturated carbocycles. The molecule has 0 aliphatic rings. The fourth-order valence-electron chi connectivity index (χ4n) is 1.55. The number of carbonyl (C=O) groups excluding carboxylic acids is 1. The zero-order chi connectivity index (χ0) is 11.0. The highest BCUT2D eigenvalue weighted by Crippen LogP contribution is 2.31. The molecule has 0 aromatic carbocycles. The maximum Gasteiger partial charge on any atom is 0.312 e. The van der Waals surface area contributed by atoms with E-state index in [4.69, 9.17) is 9.47 Å². The van der Waals surface area contributed by atoms with E-state index in [1.54, 1.807) is 7.11 Å². The van der Waals surface area contributed by atoms with Gasteiger partial charge in [-0.05, 0) is 19.3 Å². The standard InChI is InChI=1S/C11H22O3/c1-5-11(6-2,7-3)10(12)14-9-8-13-4/h5-9H2,1-4H3. The van der Waals surface area contributed by atoms with Gasteiger partial charge in [0.1, 0.15) is 6.61 Å². The Balaban J connectivity index is 4.15. The summed E-state index contributed by atoms with van der Waals surface area (Å²) in [6.45, 7) is 6.93. The molecule has 0 aliphatic carbocycles. The third-order valence-electron chi connectivity index (χ3n) is 2.98. The van der Waals surface area contributed by atoms with Crippen molar-refractivity contribution in [1.82, 2.24) is 0 Å². The van der Waals surface area contributed by atoms with Gasteiger partial charge in [0.2, 0.25) is 0 Å². The summed E-state index contributed by atoms with van der Waals surface area (Å²) in [6.07, 6.45) is 2.52. The molecule has 0 radical (unpaired) electrons. The maximum absolute atomic E-state index is 11.8. The second-order valence-corrected chi connectivity index (χ2v) is 3.47. The predicted octanol–water partition coefficient (Wildman–Crippen LogP) is 2.39. The van der Waals surface area contributed by atoms with Gasteiger partial charge in [0.05, 0.1) is 12.0 Å². The van der Waals surface area contributed by atoms with E-state index in [1.165, 1.54) is 0 Å². The minimum Gasteiger partial charge on any atom is -0.463 e. The van der Waals surface area contributed by atoms with Gasteiger partial charge in [0.15, 0.2) is 0 Å². The zero-order valence-corrected chi connectivity index (χ0v) is 9.76. The molecule has 0 amide bonds. The molecule has 0 saturated heterocycles. The van der Waals surface area contributed by atoms with Gasteiger partial charge in [-0.15, -0.1) is 0 Å². The number of hydrogen-bond donors (Lipinski definition) is 0. The summed E-state index contributed by atoms with van der Waals surface area (Å²) in [7, 11) is 1.60. The first-order valence-corrected chi connectivity index (χ1v) is 5.33. The number of ether oxygens (including phenoxy) is 2. The van der Waals surface area contributed by atoms with Crippen LogP contribution in [0.4, 0.5) is 0 Å². The molecule has 0 unspecified atom stereocenters. The number of rotatable bonds is 7. The molecule has 0 atom stereocenters. The Morgan fingerprint density at radius 1 is 1.07 bits per heavy atom. The minimum absolute atomic E-state index is 0.0814. The summed E-state index contributed by atoms with van der Waals surface area (Å²) in [5.74, 6) is -0.0814. The maximum atomic E-state index is 11.8. The highest BCUT2D eigenvalue weighted by atomic mass is 16.6. The Labute approximate surface area is 86.8 Å². The van der Waals surface area contributed by atoms with E-state index in [0.29, 0.717) is 13.2 Å². The van der Waals surface area contributed by atoms with Gasteiger partial charge in [-0.2, -0.15) is 0 Å². The van der Waals surface area contributed by atoms with Crippen molar-refractivity contribution in [1.29, 1.82) is 0 Å². The molecular weight excluding hydrogens is 180 g/mol. The van der Waals surface area contributed by atoms with Crippen LogP contribution in [0.3, 0.4) is 0 Å². The number of esters is 1. The van der Waals surface area contributed by atoms with Gasteiger partial charge in [0.25, 0.3) is 0 Å². The minimum atomic E-state index is -0.284. The predicted molar refractivity (Wildman–Crippen MR) is 56.1 cm³/mol. The third-order valence-corrected chi connectivity index (χ3v) is 2.98. The quantitative estimate of drug-likeness (QED) is 0.469. The van der Waals surface area contributed by atoms with Crippen LogP contribution in [-0.2, 0) is 14.3 Å². The van der Waals surface area contributed by atoms with Crippen LogP contribution >= 0.6 is 0 Å². The summed E-state index contributed by atoms with van der Waals surface area (Å²) in [5.41, 5.74) is -0.284. The molecular formula is C11H22O3. The second-order valence-electron chi connectivity index (χ2n) is 3.47. The normalized spacial score (nSPS) is 11.4. The van der Waals surface area contributed by atoms with Gasteiger partial charge in [-0.1, -0.05) is 20.8 Å². The average molecular weight is 202 g/mol. The van der Waals surface area contributed by atoms with E-state index in [-0.39, 0.29) is 11.4 Å². The van der Waals surface area contributed by atoms with E-state index in [2.05, 4.69) is 0 Å². The molecule has 3 nitrogen and oxygen atoms in total. The van der Waals surface area contributed by atoms with Crippen LogP contribution in [0.1, 0.15) is 40.0 Å². The topological polar surface area (TPSA) is 35.5 Å². The van der Waals surface area contributed by atoms with Crippen molar-refractivity contribution in [3.63, 3.8) is 0 Å². The van der Waals surface area contributed by atoms with Crippen molar-refractivity contribution < 1.29 is 14.3 Å². The third kappa shape index (κ3) is 3.29. The first kappa shape index (κ1) is 13.4. The Morgan fingerprint density at radius 3 is 1.93 bits per heavy atom. The second kappa shape index (κ2) is 6.82. The summed E-state index contributed by atoms with van der Waals surface area (Å²) < 4.78 is 9.99. The molecule has 84 valence electrons. The molecule has 0 bridgehead atoms. The number of hydrogen-bond acceptors (Lipinski definition) is 3. The van der Waals surface area contributed by atoms with E-state index in [9.17, 15) is 4.79 Å². The lowest BCUT2D eigenvalue weighted by molar-refractivity contribution is -0.158. The smallest absolute Gasteiger partial charge is 0.312 e. The lowest BCUT2D eigenvalue weighted by Gasteiger charge is -2.27. The van der Waals surface area contributed by atoms with Gasteiger partial charge >= 0.3 is 5.97 Å². The highest BCUT2D eigenvalue weighted by molar-refractivity contribution is 5.76. The van der Waals surface area contributed by atoms with E-state index in [1.807, 2.05) is 20.8 Å². The van der Waals surface area contributed by atoms with Crippen molar-refractivity contribution in [3.8, 4) is 0 Å². The summed E-state index contributed by atoms with van der Waals surface area (Å²) in [6, 6.07) is 0. The largest absolute Gasteiger partial charge is 0.463 e. The van der Waals surface area contributed by atoms with Crippen molar-refractivity contribution in [3.05, 3.63) is 0 Å². The first-order valence-electron chi connectivity index (χ1n) is 5.33. The fraction of sp³-hybridized carbons (Fsp3) is 0.909. The van der Waals surface area contributed by atoms with Crippen LogP contribution in [0.5, 0.6) is 0 Å². The molecule has 0 heterocycles. The van der Waals surface area contributed by atoms with E-state index in [0.717, 1.165) is 19.3 Å². The molecule has 0 N–H and O–H groups in total. The molecule has 0 spiro atoms. The Hall–Kier alpha value is -0.570. The lowest BCUT2D eigenvalue weighted by atomic mass is 9.80. The van der Waals surface area contributed by atoms with Crippen molar-refractivity contribution in [2.45, 2.75) is 40.0 Å². The van der Waals surface area contributed by atoms with E-state index >= 15 is 0 Å². The van der Waals surface area contributed by atoms with Gasteiger partial charge in [-0.3, -0.25) is 4.79 Å².